The lowest BCUT2D eigenvalue weighted by Crippen LogP contribution is -2.16. The second-order valence-corrected chi connectivity index (χ2v) is 3.63. The monoisotopic (exact) mass is 293 g/mol. The Labute approximate surface area is 110 Å². The van der Waals surface area contributed by atoms with Crippen LogP contribution in [0, 0.1) is 10.1 Å². The van der Waals surface area contributed by atoms with E-state index in [4.69, 9.17) is 0 Å². The average Bonchev–Trinajstić information content (AvgIpc) is 2.36. The number of hydrogen-bond donors (Lipinski definition) is 1. The number of methoxy groups -OCH3 is 1. The van der Waals surface area contributed by atoms with E-state index in [0.717, 1.165) is 19.4 Å². The zero-order valence-corrected chi connectivity index (χ0v) is 10.2. The number of alkyl halides is 3. The zero-order chi connectivity index (χ0) is 15.3. The molecule has 10 heteroatoms. The first-order valence-electron chi connectivity index (χ1n) is 5.28. The van der Waals surface area contributed by atoms with Crippen LogP contribution in [0.3, 0.4) is 0 Å². The van der Waals surface area contributed by atoms with Gasteiger partial charge in [-0.25, -0.2) is 9.78 Å². The molecule has 0 spiro atoms. The molecule has 110 valence electrons. The third-order valence-electron chi connectivity index (χ3n) is 2.19. The van der Waals surface area contributed by atoms with Gasteiger partial charge in [-0.15, -0.1) is 0 Å². The molecule has 0 unspecified atom stereocenters. The number of nitrogens with one attached hydrogen (secondary N) is 1. The molecule has 0 aliphatic rings. The lowest BCUT2D eigenvalue weighted by atomic mass is 10.2. The number of esters is 1. The number of hydrogen-bond acceptors (Lipinski definition) is 6. The van der Waals surface area contributed by atoms with Gasteiger partial charge in [-0.05, 0) is 0 Å². The largest absolute Gasteiger partial charge is 0.465 e. The summed E-state index contributed by atoms with van der Waals surface area (Å²) < 4.78 is 40.3. The third-order valence-corrected chi connectivity index (χ3v) is 2.19. The van der Waals surface area contributed by atoms with Gasteiger partial charge in [0.05, 0.1) is 24.0 Å². The summed E-state index contributed by atoms with van der Waals surface area (Å²) in [5.41, 5.74) is -0.768. The molecule has 0 fully saturated rings. The molecule has 1 heterocycles. The van der Waals surface area contributed by atoms with Crippen LogP contribution in [0.1, 0.15) is 16.8 Å². The lowest BCUT2D eigenvalue weighted by Gasteiger charge is -2.09. The number of ether oxygens (including phenoxy) is 1. The molecule has 20 heavy (non-hydrogen) atoms. The predicted molar refractivity (Wildman–Crippen MR) is 61.4 cm³/mol. The first-order valence-corrected chi connectivity index (χ1v) is 5.28. The van der Waals surface area contributed by atoms with Crippen LogP contribution >= 0.6 is 0 Å². The molecule has 0 atom stereocenters. The van der Waals surface area contributed by atoms with E-state index in [1.807, 2.05) is 0 Å². The van der Waals surface area contributed by atoms with E-state index in [-0.39, 0.29) is 11.4 Å². The van der Waals surface area contributed by atoms with Crippen molar-refractivity contribution in [2.75, 3.05) is 19.0 Å². The SMILES string of the molecule is COC(=O)c1cnc(NCCC(F)(F)F)c([N+](=O)[O-])c1. The quantitative estimate of drug-likeness (QED) is 0.507. The number of nitrogens with zero attached hydrogens (tertiary/aromatic N) is 2. The molecule has 0 saturated heterocycles. The highest BCUT2D eigenvalue weighted by molar-refractivity contribution is 5.90. The van der Waals surface area contributed by atoms with Crippen LogP contribution in [-0.4, -0.2) is 35.7 Å². The van der Waals surface area contributed by atoms with Gasteiger partial charge in [-0.2, -0.15) is 13.2 Å². The Morgan fingerprint density at radius 2 is 2.20 bits per heavy atom. The number of carbonyl (C=O) groups is 1. The average molecular weight is 293 g/mol. The maximum absolute atomic E-state index is 12.0. The van der Waals surface area contributed by atoms with E-state index >= 15 is 0 Å². The number of pyridine rings is 1. The van der Waals surface area contributed by atoms with Gasteiger partial charge in [-0.3, -0.25) is 10.1 Å². The van der Waals surface area contributed by atoms with Gasteiger partial charge in [0, 0.05) is 18.8 Å². The van der Waals surface area contributed by atoms with Gasteiger partial charge >= 0.3 is 17.8 Å². The Morgan fingerprint density at radius 3 is 2.70 bits per heavy atom. The van der Waals surface area contributed by atoms with E-state index in [9.17, 15) is 28.1 Å². The van der Waals surface area contributed by atoms with Gasteiger partial charge in [0.1, 0.15) is 0 Å². The molecule has 0 aromatic carbocycles. The number of aromatic nitrogens is 1. The first kappa shape index (κ1) is 15.7. The van der Waals surface area contributed by atoms with Crippen molar-refractivity contribution >= 4 is 17.5 Å². The summed E-state index contributed by atoms with van der Waals surface area (Å²) in [4.78, 5) is 24.7. The molecule has 7 nitrogen and oxygen atoms in total. The maximum atomic E-state index is 12.0. The van der Waals surface area contributed by atoms with Crippen LogP contribution in [0.2, 0.25) is 0 Å². The minimum Gasteiger partial charge on any atom is -0.465 e. The lowest BCUT2D eigenvalue weighted by molar-refractivity contribution is -0.384. The fourth-order valence-electron chi connectivity index (χ4n) is 1.28. The van der Waals surface area contributed by atoms with E-state index in [2.05, 4.69) is 15.0 Å². The van der Waals surface area contributed by atoms with Crippen molar-refractivity contribution in [3.63, 3.8) is 0 Å². The molecule has 1 N–H and O–H groups in total. The van der Waals surface area contributed by atoms with Gasteiger partial charge < -0.3 is 10.1 Å². The molecule has 0 aliphatic carbocycles. The highest BCUT2D eigenvalue weighted by Gasteiger charge is 2.27. The van der Waals surface area contributed by atoms with Crippen LogP contribution in [0.5, 0.6) is 0 Å². The Kier molecular flexibility index (Phi) is 4.83. The van der Waals surface area contributed by atoms with Gasteiger partial charge in [0.2, 0.25) is 5.82 Å². The Morgan fingerprint density at radius 1 is 1.55 bits per heavy atom. The summed E-state index contributed by atoms with van der Waals surface area (Å²) in [5, 5.41) is 13.0. The standard InChI is InChI=1S/C10H10F3N3O4/c1-20-9(17)6-4-7(16(18)19)8(15-5-6)14-3-2-10(11,12)13/h4-5H,2-3H2,1H3,(H,14,15). The second-order valence-electron chi connectivity index (χ2n) is 3.63. The van der Waals surface area contributed by atoms with Crippen LogP contribution in [0.25, 0.3) is 0 Å². The first-order chi connectivity index (χ1) is 9.24. The van der Waals surface area contributed by atoms with E-state index in [0.29, 0.717) is 0 Å². The molecule has 0 aliphatic heterocycles. The maximum Gasteiger partial charge on any atom is 0.390 e. The zero-order valence-electron chi connectivity index (χ0n) is 10.2. The summed E-state index contributed by atoms with van der Waals surface area (Å²) in [6.45, 7) is -0.561. The fraction of sp³-hybridized carbons (Fsp3) is 0.400. The highest BCUT2D eigenvalue weighted by atomic mass is 19.4. The van der Waals surface area contributed by atoms with Crippen LogP contribution in [0.4, 0.5) is 24.7 Å². The van der Waals surface area contributed by atoms with Crippen LogP contribution in [-0.2, 0) is 4.74 Å². The van der Waals surface area contributed by atoms with E-state index in [1.165, 1.54) is 0 Å². The summed E-state index contributed by atoms with van der Waals surface area (Å²) in [6, 6.07) is 0.884. The molecular weight excluding hydrogens is 283 g/mol. The van der Waals surface area contributed by atoms with Crippen LogP contribution < -0.4 is 5.32 Å². The van der Waals surface area contributed by atoms with Gasteiger partial charge in [0.15, 0.2) is 0 Å². The van der Waals surface area contributed by atoms with Crippen molar-refractivity contribution in [1.82, 2.24) is 4.98 Å². The second kappa shape index (κ2) is 6.17. The number of anilines is 1. The number of halogens is 3. The van der Waals surface area contributed by atoms with Crippen LogP contribution in [0.15, 0.2) is 12.3 Å². The fourth-order valence-corrected chi connectivity index (χ4v) is 1.28. The van der Waals surface area contributed by atoms with Crippen molar-refractivity contribution in [2.45, 2.75) is 12.6 Å². The predicted octanol–water partition coefficient (Wildman–Crippen LogP) is 2.14. The molecule has 0 saturated carbocycles. The van der Waals surface area contributed by atoms with Gasteiger partial charge in [-0.1, -0.05) is 0 Å². The molecule has 0 bridgehead atoms. The minimum absolute atomic E-state index is 0.166. The number of nitro groups is 1. The normalized spacial score (nSPS) is 11.0. The van der Waals surface area contributed by atoms with Crippen molar-refractivity contribution in [2.24, 2.45) is 0 Å². The molecular formula is C10H10F3N3O4. The topological polar surface area (TPSA) is 94.4 Å². The Hall–Kier alpha value is -2.39. The van der Waals surface area contributed by atoms with Crippen molar-refractivity contribution in [3.8, 4) is 0 Å². The molecule has 0 amide bonds. The Bertz CT molecular complexity index is 519. The summed E-state index contributed by atoms with van der Waals surface area (Å²) in [5.74, 6) is -1.17. The molecule has 0 radical (unpaired) electrons. The smallest absolute Gasteiger partial charge is 0.390 e. The molecule has 1 rings (SSSR count). The number of rotatable bonds is 5. The molecule has 1 aromatic heterocycles. The summed E-state index contributed by atoms with van der Waals surface area (Å²) in [6.07, 6.45) is -4.56. The van der Waals surface area contributed by atoms with E-state index in [1.54, 1.807) is 0 Å². The highest BCUT2D eigenvalue weighted by Crippen LogP contribution is 2.24. The van der Waals surface area contributed by atoms with Crippen molar-refractivity contribution in [1.29, 1.82) is 0 Å². The molecule has 1 aromatic rings. The summed E-state index contributed by atoms with van der Waals surface area (Å²) >= 11 is 0. The number of carbonyl (C=O) groups excluding carboxylic acids is 1. The van der Waals surface area contributed by atoms with Gasteiger partial charge in [0.25, 0.3) is 0 Å². The minimum atomic E-state index is -4.38. The Balaban J connectivity index is 2.91. The third kappa shape index (κ3) is 4.37. The summed E-state index contributed by atoms with van der Waals surface area (Å²) in [7, 11) is 1.09. The van der Waals surface area contributed by atoms with E-state index < -0.39 is 35.7 Å². The van der Waals surface area contributed by atoms with Crippen molar-refractivity contribution in [3.05, 3.63) is 27.9 Å². The van der Waals surface area contributed by atoms with Crippen molar-refractivity contribution < 1.29 is 27.6 Å².